The monoisotopic (exact) mass is 592 g/mol. The van der Waals surface area contributed by atoms with Crippen LogP contribution in [0.1, 0.15) is 56.1 Å². The molecule has 45 heavy (non-hydrogen) atoms. The van der Waals surface area contributed by atoms with Crippen molar-refractivity contribution < 1.29 is 0 Å². The number of rotatable bonds is 14. The lowest BCUT2D eigenvalue weighted by Gasteiger charge is -2.12. The number of nitrogens with zero attached hydrogens (tertiary/aromatic N) is 4. The van der Waals surface area contributed by atoms with Crippen molar-refractivity contribution in [2.45, 2.75) is 71.1 Å². The summed E-state index contributed by atoms with van der Waals surface area (Å²) in [4.78, 5) is 9.86. The van der Waals surface area contributed by atoms with Crippen molar-refractivity contribution in [3.05, 3.63) is 156 Å². The highest BCUT2D eigenvalue weighted by Gasteiger charge is 2.03. The van der Waals surface area contributed by atoms with Gasteiger partial charge in [-0.15, -0.1) is 0 Å². The van der Waals surface area contributed by atoms with Crippen LogP contribution in [-0.2, 0) is 26.2 Å². The Labute approximate surface area is 267 Å². The Hall–Kier alpha value is -4.70. The van der Waals surface area contributed by atoms with E-state index >= 15 is 0 Å². The Kier molecular flexibility index (Phi) is 10.7. The fraction of sp³-hybridized carbons (Fsp3) is 0.268. The molecule has 0 fully saturated rings. The smallest absolute Gasteiger partial charge is 0.0686 e. The van der Waals surface area contributed by atoms with E-state index in [4.69, 9.17) is 9.98 Å². The van der Waals surface area contributed by atoms with Crippen LogP contribution in [0.25, 0.3) is 21.8 Å². The molecule has 0 saturated heterocycles. The first-order valence-electron chi connectivity index (χ1n) is 16.6. The van der Waals surface area contributed by atoms with E-state index in [9.17, 15) is 0 Å². The normalized spacial score (nSPS) is 12.4. The molecule has 6 aromatic rings. The van der Waals surface area contributed by atoms with Gasteiger partial charge in [-0.05, 0) is 48.2 Å². The van der Waals surface area contributed by atoms with Crippen LogP contribution in [0.2, 0.25) is 0 Å². The lowest BCUT2D eigenvalue weighted by molar-refractivity contribution is 0.533. The average molecular weight is 593 g/mol. The summed E-state index contributed by atoms with van der Waals surface area (Å²) in [6, 6.07) is 42.7. The van der Waals surface area contributed by atoms with Gasteiger partial charge in [-0.25, -0.2) is 0 Å². The quantitative estimate of drug-likeness (QED) is 0.113. The number of para-hydroxylation sites is 2. The Bertz CT molecular complexity index is 1790. The molecule has 0 atom stereocenters. The molecule has 2 aromatic heterocycles. The second-order valence-electron chi connectivity index (χ2n) is 11.9. The largest absolute Gasteiger partial charge is 0.347 e. The van der Waals surface area contributed by atoms with Gasteiger partial charge in [-0.1, -0.05) is 129 Å². The first-order valence-corrected chi connectivity index (χ1v) is 16.6. The van der Waals surface area contributed by atoms with Gasteiger partial charge in [0, 0.05) is 36.3 Å². The lowest BCUT2D eigenvalue weighted by Crippen LogP contribution is -2.10. The zero-order valence-electron chi connectivity index (χ0n) is 26.3. The third-order valence-corrected chi connectivity index (χ3v) is 8.65. The second kappa shape index (κ2) is 15.9. The number of benzene rings is 4. The first-order chi connectivity index (χ1) is 22.3. The topological polar surface area (TPSA) is 34.6 Å². The van der Waals surface area contributed by atoms with Crippen molar-refractivity contribution in [2.75, 3.05) is 0 Å². The zero-order valence-corrected chi connectivity index (χ0v) is 26.3. The standard InChI is InChI=1S/C41H44N4/c1(2-4-16-28-44-30-26-38(36-22-12-14-24-40(36)44)42-32-34-18-8-6-9-19-34)3-5-17-29-45-31-27-39(37-23-13-15-25-41(37)45)43-33-35-20-10-7-11-21-35/h6-15,18-27,30-31H,1-5,16-17,28-29,32-33H2. The number of hydrogen-bond donors (Lipinski definition) is 0. The van der Waals surface area contributed by atoms with Crippen LogP contribution in [0, 0.1) is 0 Å². The molecule has 0 unspecified atom stereocenters. The van der Waals surface area contributed by atoms with Gasteiger partial charge in [0.1, 0.15) is 0 Å². The minimum absolute atomic E-state index is 0.710. The van der Waals surface area contributed by atoms with Gasteiger partial charge in [0.25, 0.3) is 0 Å². The van der Waals surface area contributed by atoms with E-state index in [0.717, 1.165) is 23.8 Å². The fourth-order valence-electron chi connectivity index (χ4n) is 6.18. The van der Waals surface area contributed by atoms with Crippen molar-refractivity contribution in [1.82, 2.24) is 9.13 Å². The highest BCUT2D eigenvalue weighted by Crippen LogP contribution is 2.15. The summed E-state index contributed by atoms with van der Waals surface area (Å²) < 4.78 is 4.80. The number of aromatic nitrogens is 2. The van der Waals surface area contributed by atoms with Crippen LogP contribution < -0.4 is 10.7 Å². The van der Waals surface area contributed by atoms with Crippen molar-refractivity contribution in [1.29, 1.82) is 0 Å². The molecule has 0 saturated carbocycles. The van der Waals surface area contributed by atoms with E-state index in [1.807, 2.05) is 0 Å². The summed E-state index contributed by atoms with van der Waals surface area (Å²) in [5.41, 5.74) is 5.03. The molecule has 0 bridgehead atoms. The van der Waals surface area contributed by atoms with E-state index in [1.165, 1.54) is 77.9 Å². The molecular weight excluding hydrogens is 548 g/mol. The second-order valence-corrected chi connectivity index (χ2v) is 11.9. The average Bonchev–Trinajstić information content (AvgIpc) is 3.10. The third kappa shape index (κ3) is 8.27. The molecule has 6 rings (SSSR count). The predicted molar refractivity (Wildman–Crippen MR) is 188 cm³/mol. The Morgan fingerprint density at radius 2 is 0.756 bits per heavy atom. The van der Waals surface area contributed by atoms with E-state index in [1.54, 1.807) is 0 Å². The first kappa shape index (κ1) is 30.3. The van der Waals surface area contributed by atoms with Crippen molar-refractivity contribution in [3.63, 3.8) is 0 Å². The number of aryl methyl sites for hydroxylation is 2. The number of fused-ring (bicyclic) bond motifs is 2. The maximum Gasteiger partial charge on any atom is 0.0686 e. The van der Waals surface area contributed by atoms with Crippen molar-refractivity contribution >= 4 is 21.8 Å². The van der Waals surface area contributed by atoms with E-state index in [2.05, 4.69) is 143 Å². The fourth-order valence-corrected chi connectivity index (χ4v) is 6.18. The van der Waals surface area contributed by atoms with Gasteiger partial charge in [0.2, 0.25) is 0 Å². The molecular formula is C41H44N4. The van der Waals surface area contributed by atoms with Crippen molar-refractivity contribution in [2.24, 2.45) is 9.98 Å². The summed E-state index contributed by atoms with van der Waals surface area (Å²) in [7, 11) is 0. The van der Waals surface area contributed by atoms with Crippen LogP contribution in [0.3, 0.4) is 0 Å². The van der Waals surface area contributed by atoms with E-state index in [-0.39, 0.29) is 0 Å². The SMILES string of the molecule is c1ccc(CN=c2ccn(CCCCCCCCCn3ccc(=NCc4ccccc4)c4ccccc43)c3ccccc23)cc1. The number of hydrogen-bond acceptors (Lipinski definition) is 2. The highest BCUT2D eigenvalue weighted by molar-refractivity contribution is 5.79. The zero-order chi connectivity index (χ0) is 30.5. The summed E-state index contributed by atoms with van der Waals surface area (Å²) in [6.45, 7) is 3.53. The molecule has 0 spiro atoms. The summed E-state index contributed by atoms with van der Waals surface area (Å²) >= 11 is 0. The summed E-state index contributed by atoms with van der Waals surface area (Å²) in [5.74, 6) is 0. The maximum absolute atomic E-state index is 4.93. The van der Waals surface area contributed by atoms with Gasteiger partial charge in [0.15, 0.2) is 0 Å². The van der Waals surface area contributed by atoms with Gasteiger partial charge >= 0.3 is 0 Å². The molecule has 4 aromatic carbocycles. The number of unbranched alkanes of at least 4 members (excludes halogenated alkanes) is 6. The third-order valence-electron chi connectivity index (χ3n) is 8.65. The molecule has 228 valence electrons. The predicted octanol–water partition coefficient (Wildman–Crippen LogP) is 9.23. The number of pyridine rings is 2. The molecule has 2 heterocycles. The molecule has 0 aliphatic heterocycles. The Morgan fingerprint density at radius 1 is 0.378 bits per heavy atom. The highest BCUT2D eigenvalue weighted by atomic mass is 15.0. The van der Waals surface area contributed by atoms with Gasteiger partial charge in [-0.3, -0.25) is 9.98 Å². The minimum atomic E-state index is 0.710. The summed E-state index contributed by atoms with van der Waals surface area (Å²) in [6.07, 6.45) is 13.3. The van der Waals surface area contributed by atoms with Crippen LogP contribution in [0.4, 0.5) is 0 Å². The Morgan fingerprint density at radius 3 is 1.20 bits per heavy atom. The van der Waals surface area contributed by atoms with Gasteiger partial charge < -0.3 is 9.13 Å². The molecule has 0 radical (unpaired) electrons. The van der Waals surface area contributed by atoms with E-state index in [0.29, 0.717) is 13.1 Å². The molecule has 0 amide bonds. The molecule has 4 nitrogen and oxygen atoms in total. The maximum atomic E-state index is 4.93. The molecule has 0 aliphatic carbocycles. The Balaban J connectivity index is 0.945. The van der Waals surface area contributed by atoms with Crippen LogP contribution in [0.5, 0.6) is 0 Å². The lowest BCUT2D eigenvalue weighted by atomic mass is 10.1. The van der Waals surface area contributed by atoms with Gasteiger partial charge in [0.05, 0.1) is 34.8 Å². The molecule has 0 aliphatic rings. The van der Waals surface area contributed by atoms with Gasteiger partial charge in [-0.2, -0.15) is 0 Å². The van der Waals surface area contributed by atoms with Crippen LogP contribution >= 0.6 is 0 Å². The minimum Gasteiger partial charge on any atom is -0.347 e. The summed E-state index contributed by atoms with van der Waals surface area (Å²) in [5, 5.41) is 4.62. The van der Waals surface area contributed by atoms with Crippen LogP contribution in [0.15, 0.2) is 144 Å². The van der Waals surface area contributed by atoms with Crippen molar-refractivity contribution in [3.8, 4) is 0 Å². The molecule has 4 heteroatoms. The van der Waals surface area contributed by atoms with E-state index < -0.39 is 0 Å². The van der Waals surface area contributed by atoms with Crippen LogP contribution in [-0.4, -0.2) is 9.13 Å². The molecule has 0 N–H and O–H groups in total.